The minimum Gasteiger partial charge on any atom is -0.352 e. The SMILES string of the molecule is CCn1cccc1[C@H]1[C@@H](c2ccccn2)NC(=S)N1CCC(=O)Nc1ccccc1C. The summed E-state index contributed by atoms with van der Waals surface area (Å²) in [5, 5.41) is 7.11. The van der Waals surface area contributed by atoms with Crippen molar-refractivity contribution in [1.82, 2.24) is 19.8 Å². The number of aromatic nitrogens is 2. The first-order valence-electron chi connectivity index (χ1n) is 10.6. The molecule has 0 spiro atoms. The van der Waals surface area contributed by atoms with Gasteiger partial charge in [0.25, 0.3) is 0 Å². The Morgan fingerprint density at radius 1 is 1.16 bits per heavy atom. The third-order valence-corrected chi connectivity index (χ3v) is 6.06. The van der Waals surface area contributed by atoms with Gasteiger partial charge in [0.1, 0.15) is 0 Å². The molecule has 0 unspecified atom stereocenters. The Hall–Kier alpha value is -3.19. The van der Waals surface area contributed by atoms with Gasteiger partial charge in [0.05, 0.1) is 17.8 Å². The second-order valence-electron chi connectivity index (χ2n) is 7.65. The van der Waals surface area contributed by atoms with Crippen molar-refractivity contribution in [2.45, 2.75) is 38.9 Å². The maximum atomic E-state index is 12.7. The third kappa shape index (κ3) is 4.46. The van der Waals surface area contributed by atoms with Crippen molar-refractivity contribution in [1.29, 1.82) is 0 Å². The molecule has 1 aliphatic heterocycles. The van der Waals surface area contributed by atoms with Gasteiger partial charge >= 0.3 is 0 Å². The van der Waals surface area contributed by atoms with Gasteiger partial charge in [-0.15, -0.1) is 0 Å². The Morgan fingerprint density at radius 3 is 2.71 bits per heavy atom. The van der Waals surface area contributed by atoms with E-state index in [0.29, 0.717) is 18.1 Å². The maximum absolute atomic E-state index is 12.7. The highest BCUT2D eigenvalue weighted by Gasteiger charge is 2.40. The summed E-state index contributed by atoms with van der Waals surface area (Å²) >= 11 is 5.70. The normalized spacial score (nSPS) is 18.1. The molecule has 0 radical (unpaired) electrons. The molecule has 1 amide bonds. The van der Waals surface area contributed by atoms with Crippen molar-refractivity contribution < 1.29 is 4.79 Å². The van der Waals surface area contributed by atoms with E-state index in [1.165, 1.54) is 0 Å². The second-order valence-corrected chi connectivity index (χ2v) is 8.04. The number of hydrogen-bond donors (Lipinski definition) is 2. The number of carbonyl (C=O) groups is 1. The first-order valence-corrected chi connectivity index (χ1v) is 11.0. The molecule has 160 valence electrons. The van der Waals surface area contributed by atoms with E-state index >= 15 is 0 Å². The van der Waals surface area contributed by atoms with Crippen LogP contribution in [-0.2, 0) is 11.3 Å². The zero-order valence-electron chi connectivity index (χ0n) is 17.8. The predicted molar refractivity (Wildman–Crippen MR) is 127 cm³/mol. The Balaban J connectivity index is 1.55. The fraction of sp³-hybridized carbons (Fsp3) is 0.292. The van der Waals surface area contributed by atoms with Gasteiger partial charge in [-0.05, 0) is 62.0 Å². The molecule has 6 nitrogen and oxygen atoms in total. The molecule has 7 heteroatoms. The fourth-order valence-electron chi connectivity index (χ4n) is 4.10. The highest BCUT2D eigenvalue weighted by Crippen LogP contribution is 2.38. The number of rotatable bonds is 7. The van der Waals surface area contributed by atoms with Gasteiger partial charge in [-0.1, -0.05) is 24.3 Å². The van der Waals surface area contributed by atoms with Crippen LogP contribution in [0, 0.1) is 6.92 Å². The summed E-state index contributed by atoms with van der Waals surface area (Å²) in [5.74, 6) is -0.0250. The van der Waals surface area contributed by atoms with Gasteiger partial charge in [0.15, 0.2) is 5.11 Å². The van der Waals surface area contributed by atoms with Crippen LogP contribution in [0.25, 0.3) is 0 Å². The number of anilines is 1. The number of para-hydroxylation sites is 1. The number of thiocarbonyl (C=S) groups is 1. The lowest BCUT2D eigenvalue weighted by Crippen LogP contribution is -2.33. The Kier molecular flexibility index (Phi) is 6.32. The highest BCUT2D eigenvalue weighted by atomic mass is 32.1. The lowest BCUT2D eigenvalue weighted by atomic mass is 10.0. The summed E-state index contributed by atoms with van der Waals surface area (Å²) < 4.78 is 2.22. The molecule has 0 bridgehead atoms. The van der Waals surface area contributed by atoms with E-state index in [-0.39, 0.29) is 18.0 Å². The number of nitrogens with one attached hydrogen (secondary N) is 2. The van der Waals surface area contributed by atoms with Crippen LogP contribution < -0.4 is 10.6 Å². The predicted octanol–water partition coefficient (Wildman–Crippen LogP) is 4.21. The van der Waals surface area contributed by atoms with Crippen molar-refractivity contribution in [2.24, 2.45) is 0 Å². The number of nitrogens with zero attached hydrogens (tertiary/aromatic N) is 3. The number of pyridine rings is 1. The highest BCUT2D eigenvalue weighted by molar-refractivity contribution is 7.80. The standard InChI is InChI=1S/C24H27N5OS/c1-3-28-15-8-12-20(28)23-22(19-11-6-7-14-25-19)27-24(31)29(23)16-13-21(30)26-18-10-5-4-9-17(18)2/h4-12,14-15,22-23H,3,13,16H2,1-2H3,(H,26,30)(H,27,31)/t22-,23+/m1/s1. The van der Waals surface area contributed by atoms with E-state index in [0.717, 1.165) is 29.2 Å². The lowest BCUT2D eigenvalue weighted by Gasteiger charge is -2.28. The van der Waals surface area contributed by atoms with Gasteiger partial charge < -0.3 is 20.1 Å². The molecule has 1 fully saturated rings. The van der Waals surface area contributed by atoms with Gasteiger partial charge in [0.2, 0.25) is 5.91 Å². The average molecular weight is 434 g/mol. The van der Waals surface area contributed by atoms with Crippen LogP contribution in [0.4, 0.5) is 5.69 Å². The molecular formula is C24H27N5OS. The minimum atomic E-state index is -0.0756. The summed E-state index contributed by atoms with van der Waals surface area (Å²) in [6.45, 7) is 5.50. The van der Waals surface area contributed by atoms with Crippen LogP contribution in [0.3, 0.4) is 0 Å². The molecule has 0 saturated carbocycles. The molecule has 3 heterocycles. The molecule has 2 N–H and O–H groups in total. The molecule has 31 heavy (non-hydrogen) atoms. The minimum absolute atomic E-state index is 0.0250. The van der Waals surface area contributed by atoms with E-state index in [1.807, 2.05) is 49.4 Å². The zero-order valence-corrected chi connectivity index (χ0v) is 18.6. The van der Waals surface area contributed by atoms with Gasteiger partial charge in [-0.25, -0.2) is 0 Å². The Labute approximate surface area is 188 Å². The molecule has 2 atom stereocenters. The van der Waals surface area contributed by atoms with Gasteiger partial charge in [-0.2, -0.15) is 0 Å². The summed E-state index contributed by atoms with van der Waals surface area (Å²) in [6.07, 6.45) is 4.22. The fourth-order valence-corrected chi connectivity index (χ4v) is 4.43. The summed E-state index contributed by atoms with van der Waals surface area (Å²) in [6, 6.07) is 17.8. The molecule has 4 rings (SSSR count). The third-order valence-electron chi connectivity index (χ3n) is 5.71. The van der Waals surface area contributed by atoms with E-state index < -0.39 is 0 Å². The van der Waals surface area contributed by atoms with Gasteiger partial charge in [0, 0.05) is 43.3 Å². The first kappa shape index (κ1) is 21.1. The van der Waals surface area contributed by atoms with Crippen LogP contribution in [0.1, 0.15) is 42.4 Å². The number of aryl methyl sites for hydroxylation is 2. The van der Waals surface area contributed by atoms with Crippen LogP contribution in [0.2, 0.25) is 0 Å². The molecule has 1 aliphatic rings. The summed E-state index contributed by atoms with van der Waals surface area (Å²) in [4.78, 5) is 19.4. The van der Waals surface area contributed by atoms with Crippen LogP contribution in [0.5, 0.6) is 0 Å². The van der Waals surface area contributed by atoms with E-state index in [1.54, 1.807) is 6.20 Å². The van der Waals surface area contributed by atoms with Crippen LogP contribution in [0.15, 0.2) is 67.0 Å². The van der Waals surface area contributed by atoms with Crippen molar-refractivity contribution in [3.8, 4) is 0 Å². The lowest BCUT2D eigenvalue weighted by molar-refractivity contribution is -0.116. The number of hydrogen-bond acceptors (Lipinski definition) is 3. The molecule has 3 aromatic rings. The molecule has 1 saturated heterocycles. The molecule has 2 aromatic heterocycles. The largest absolute Gasteiger partial charge is 0.352 e. The van der Waals surface area contributed by atoms with E-state index in [2.05, 4.69) is 50.3 Å². The average Bonchev–Trinajstić information content (AvgIpc) is 3.38. The maximum Gasteiger partial charge on any atom is 0.226 e. The Morgan fingerprint density at radius 2 is 1.97 bits per heavy atom. The van der Waals surface area contributed by atoms with Crippen LogP contribution in [-0.4, -0.2) is 32.0 Å². The van der Waals surface area contributed by atoms with E-state index in [9.17, 15) is 4.79 Å². The zero-order chi connectivity index (χ0) is 21.8. The van der Waals surface area contributed by atoms with Crippen molar-refractivity contribution in [3.05, 3.63) is 83.9 Å². The van der Waals surface area contributed by atoms with Gasteiger partial charge in [-0.3, -0.25) is 9.78 Å². The summed E-state index contributed by atoms with van der Waals surface area (Å²) in [7, 11) is 0. The quantitative estimate of drug-likeness (QED) is 0.547. The van der Waals surface area contributed by atoms with Crippen molar-refractivity contribution in [2.75, 3.05) is 11.9 Å². The number of benzene rings is 1. The van der Waals surface area contributed by atoms with Crippen LogP contribution >= 0.6 is 12.2 Å². The second kappa shape index (κ2) is 9.31. The monoisotopic (exact) mass is 433 g/mol. The molecule has 0 aliphatic carbocycles. The summed E-state index contributed by atoms with van der Waals surface area (Å²) in [5.41, 5.74) is 3.98. The number of amides is 1. The smallest absolute Gasteiger partial charge is 0.226 e. The van der Waals surface area contributed by atoms with Crippen molar-refractivity contribution in [3.63, 3.8) is 0 Å². The van der Waals surface area contributed by atoms with E-state index in [4.69, 9.17) is 12.2 Å². The molecule has 1 aromatic carbocycles. The first-order chi connectivity index (χ1) is 15.1. The van der Waals surface area contributed by atoms with Crippen molar-refractivity contribution >= 4 is 28.9 Å². The molecular weight excluding hydrogens is 406 g/mol. The number of carbonyl (C=O) groups excluding carboxylic acids is 1. The topological polar surface area (TPSA) is 62.2 Å². The Bertz CT molecular complexity index is 1060.